The van der Waals surface area contributed by atoms with Crippen molar-refractivity contribution in [1.29, 1.82) is 0 Å². The van der Waals surface area contributed by atoms with Gasteiger partial charge in [-0.15, -0.1) is 0 Å². The minimum atomic E-state index is -0.577. The van der Waals surface area contributed by atoms with Gasteiger partial charge in [0.25, 0.3) is 0 Å². The molecule has 0 unspecified atom stereocenters. The number of carbonyl (C=O) groups excluding carboxylic acids is 1. The second-order valence-corrected chi connectivity index (χ2v) is 2.57. The van der Waals surface area contributed by atoms with Gasteiger partial charge in [0, 0.05) is 0 Å². The molecule has 0 amide bonds. The Labute approximate surface area is 85.6 Å². The largest absolute Gasteiger partial charge is 0.490 e. The zero-order chi connectivity index (χ0) is 11.3. The SMILES string of the molecule is COc1ccc(OCC=O)cc1[N+](=O)[O-]. The lowest BCUT2D eigenvalue weighted by Gasteiger charge is -2.04. The van der Waals surface area contributed by atoms with Crippen LogP contribution in [0.4, 0.5) is 5.69 Å². The molecular formula is C9H9NO5. The lowest BCUT2D eigenvalue weighted by Crippen LogP contribution is -1.99. The Hall–Kier alpha value is -2.11. The van der Waals surface area contributed by atoms with E-state index in [-0.39, 0.29) is 23.8 Å². The first-order chi connectivity index (χ1) is 7.19. The molecule has 1 rings (SSSR count). The van der Waals surface area contributed by atoms with Gasteiger partial charge in [0.05, 0.1) is 18.1 Å². The van der Waals surface area contributed by atoms with Gasteiger partial charge in [-0.3, -0.25) is 14.9 Å². The Morgan fingerprint density at radius 1 is 1.53 bits per heavy atom. The third-order valence-corrected chi connectivity index (χ3v) is 1.67. The molecule has 0 atom stereocenters. The Morgan fingerprint density at radius 3 is 2.80 bits per heavy atom. The summed E-state index contributed by atoms with van der Waals surface area (Å²) >= 11 is 0. The van der Waals surface area contributed by atoms with Crippen LogP contribution in [0.15, 0.2) is 18.2 Å². The molecule has 0 saturated carbocycles. The van der Waals surface area contributed by atoms with E-state index in [1.807, 2.05) is 0 Å². The number of nitro groups is 1. The molecule has 0 radical (unpaired) electrons. The molecule has 0 aliphatic carbocycles. The van der Waals surface area contributed by atoms with E-state index in [0.717, 1.165) is 0 Å². The highest BCUT2D eigenvalue weighted by molar-refractivity contribution is 5.53. The maximum absolute atomic E-state index is 10.6. The molecule has 0 aliphatic rings. The van der Waals surface area contributed by atoms with Crippen molar-refractivity contribution >= 4 is 12.0 Å². The lowest BCUT2D eigenvalue weighted by atomic mass is 10.3. The third kappa shape index (κ3) is 2.67. The predicted molar refractivity (Wildman–Crippen MR) is 51.2 cm³/mol. The van der Waals surface area contributed by atoms with Gasteiger partial charge in [-0.25, -0.2) is 0 Å². The second kappa shape index (κ2) is 4.94. The quantitative estimate of drug-likeness (QED) is 0.415. The summed E-state index contributed by atoms with van der Waals surface area (Å²) in [7, 11) is 1.34. The van der Waals surface area contributed by atoms with Gasteiger partial charge in [-0.2, -0.15) is 0 Å². The molecule has 1 aromatic carbocycles. The van der Waals surface area contributed by atoms with Crippen LogP contribution in [0.2, 0.25) is 0 Å². The Bertz CT molecular complexity index is 377. The van der Waals surface area contributed by atoms with Crippen molar-refractivity contribution in [3.05, 3.63) is 28.3 Å². The average Bonchev–Trinajstić information content (AvgIpc) is 2.25. The summed E-state index contributed by atoms with van der Waals surface area (Å²) in [6.45, 7) is -0.135. The van der Waals surface area contributed by atoms with Crippen LogP contribution in [0, 0.1) is 10.1 Å². The number of ether oxygens (including phenoxy) is 2. The van der Waals surface area contributed by atoms with Crippen molar-refractivity contribution in [2.45, 2.75) is 0 Å². The number of nitro benzene ring substituents is 1. The Balaban J connectivity index is 2.99. The van der Waals surface area contributed by atoms with Crippen LogP contribution in [0.3, 0.4) is 0 Å². The smallest absolute Gasteiger partial charge is 0.314 e. The van der Waals surface area contributed by atoms with Crippen LogP contribution >= 0.6 is 0 Å². The third-order valence-electron chi connectivity index (χ3n) is 1.67. The number of methoxy groups -OCH3 is 1. The average molecular weight is 211 g/mol. The van der Waals surface area contributed by atoms with E-state index in [2.05, 4.69) is 0 Å². The summed E-state index contributed by atoms with van der Waals surface area (Å²) in [5.74, 6) is 0.410. The number of benzene rings is 1. The van der Waals surface area contributed by atoms with E-state index in [4.69, 9.17) is 9.47 Å². The van der Waals surface area contributed by atoms with Crippen molar-refractivity contribution in [2.75, 3.05) is 13.7 Å². The first kappa shape index (κ1) is 11.0. The molecule has 0 aliphatic heterocycles. The van der Waals surface area contributed by atoms with Crippen molar-refractivity contribution in [3.8, 4) is 11.5 Å². The zero-order valence-electron chi connectivity index (χ0n) is 8.00. The summed E-state index contributed by atoms with van der Waals surface area (Å²) in [5.41, 5.74) is -0.194. The summed E-state index contributed by atoms with van der Waals surface area (Å²) < 4.78 is 9.72. The topological polar surface area (TPSA) is 78.7 Å². The van der Waals surface area contributed by atoms with Gasteiger partial charge in [0.1, 0.15) is 12.4 Å². The maximum atomic E-state index is 10.6. The fraction of sp³-hybridized carbons (Fsp3) is 0.222. The Kier molecular flexibility index (Phi) is 3.61. The van der Waals surface area contributed by atoms with E-state index >= 15 is 0 Å². The van der Waals surface area contributed by atoms with Gasteiger partial charge < -0.3 is 9.47 Å². The molecular weight excluding hydrogens is 202 g/mol. The molecule has 0 fully saturated rings. The van der Waals surface area contributed by atoms with E-state index in [1.165, 1.54) is 25.3 Å². The van der Waals surface area contributed by atoms with E-state index < -0.39 is 4.92 Å². The normalized spacial score (nSPS) is 9.40. The second-order valence-electron chi connectivity index (χ2n) is 2.57. The molecule has 15 heavy (non-hydrogen) atoms. The number of hydrogen-bond donors (Lipinski definition) is 0. The van der Waals surface area contributed by atoms with Crippen LogP contribution in [0.5, 0.6) is 11.5 Å². The van der Waals surface area contributed by atoms with Crippen molar-refractivity contribution < 1.29 is 19.2 Å². The predicted octanol–water partition coefficient (Wildman–Crippen LogP) is 1.18. The van der Waals surface area contributed by atoms with Crippen LogP contribution in [-0.4, -0.2) is 24.9 Å². The Morgan fingerprint density at radius 2 is 2.27 bits per heavy atom. The number of aldehydes is 1. The summed E-state index contributed by atoms with van der Waals surface area (Å²) in [6, 6.07) is 4.12. The highest BCUT2D eigenvalue weighted by Gasteiger charge is 2.15. The summed E-state index contributed by atoms with van der Waals surface area (Å²) in [5, 5.41) is 10.6. The van der Waals surface area contributed by atoms with Crippen LogP contribution in [0.1, 0.15) is 0 Å². The zero-order valence-corrected chi connectivity index (χ0v) is 8.00. The number of rotatable bonds is 5. The van der Waals surface area contributed by atoms with Crippen LogP contribution in [0.25, 0.3) is 0 Å². The molecule has 1 aromatic rings. The van der Waals surface area contributed by atoms with Crippen molar-refractivity contribution in [3.63, 3.8) is 0 Å². The van der Waals surface area contributed by atoms with Gasteiger partial charge in [0.15, 0.2) is 12.0 Å². The van der Waals surface area contributed by atoms with Crippen molar-refractivity contribution in [1.82, 2.24) is 0 Å². The minimum Gasteiger partial charge on any atom is -0.490 e. The highest BCUT2D eigenvalue weighted by Crippen LogP contribution is 2.30. The molecule has 80 valence electrons. The first-order valence-corrected chi connectivity index (χ1v) is 4.08. The van der Waals surface area contributed by atoms with Gasteiger partial charge in [-0.05, 0) is 12.1 Å². The monoisotopic (exact) mass is 211 g/mol. The van der Waals surface area contributed by atoms with Gasteiger partial charge in [0.2, 0.25) is 0 Å². The van der Waals surface area contributed by atoms with Gasteiger partial charge >= 0.3 is 5.69 Å². The molecule has 0 aromatic heterocycles. The lowest BCUT2D eigenvalue weighted by molar-refractivity contribution is -0.385. The standard InChI is InChI=1S/C9H9NO5/c1-14-9-3-2-7(15-5-4-11)6-8(9)10(12)13/h2-4,6H,5H2,1H3. The number of hydrogen-bond acceptors (Lipinski definition) is 5. The number of nitrogens with zero attached hydrogens (tertiary/aromatic N) is 1. The van der Waals surface area contributed by atoms with E-state index in [1.54, 1.807) is 0 Å². The fourth-order valence-corrected chi connectivity index (χ4v) is 1.03. The molecule has 0 N–H and O–H groups in total. The van der Waals surface area contributed by atoms with Crippen molar-refractivity contribution in [2.24, 2.45) is 0 Å². The molecule has 0 bridgehead atoms. The van der Waals surface area contributed by atoms with E-state index in [9.17, 15) is 14.9 Å². The molecule has 6 nitrogen and oxygen atoms in total. The summed E-state index contributed by atoms with van der Waals surface area (Å²) in [6.07, 6.45) is 0.566. The summed E-state index contributed by atoms with van der Waals surface area (Å²) in [4.78, 5) is 20.1. The fourth-order valence-electron chi connectivity index (χ4n) is 1.03. The van der Waals surface area contributed by atoms with Gasteiger partial charge in [-0.1, -0.05) is 0 Å². The minimum absolute atomic E-state index is 0.135. The van der Waals surface area contributed by atoms with Crippen LogP contribution in [-0.2, 0) is 4.79 Å². The highest BCUT2D eigenvalue weighted by atomic mass is 16.6. The van der Waals surface area contributed by atoms with Crippen LogP contribution < -0.4 is 9.47 Å². The molecule has 0 heterocycles. The van der Waals surface area contributed by atoms with E-state index in [0.29, 0.717) is 6.29 Å². The first-order valence-electron chi connectivity index (χ1n) is 4.08. The molecule has 6 heteroatoms. The molecule has 0 spiro atoms. The molecule has 0 saturated heterocycles. The maximum Gasteiger partial charge on any atom is 0.314 e. The number of carbonyl (C=O) groups is 1.